The van der Waals surface area contributed by atoms with Crippen LogP contribution in [0.25, 0.3) is 0 Å². The maximum atomic E-state index is 5.28. The summed E-state index contributed by atoms with van der Waals surface area (Å²) in [6.45, 7) is 6.35. The van der Waals surface area contributed by atoms with Gasteiger partial charge in [-0.3, -0.25) is 4.90 Å². The second-order valence-corrected chi connectivity index (χ2v) is 6.21. The first-order valence-corrected chi connectivity index (χ1v) is 7.86. The zero-order valence-corrected chi connectivity index (χ0v) is 12.7. The van der Waals surface area contributed by atoms with Crippen LogP contribution in [0.2, 0.25) is 0 Å². The Morgan fingerprint density at radius 2 is 2.25 bits per heavy atom. The van der Waals surface area contributed by atoms with Gasteiger partial charge in [-0.2, -0.15) is 0 Å². The van der Waals surface area contributed by atoms with E-state index in [-0.39, 0.29) is 0 Å². The molecule has 0 radical (unpaired) electrons. The fraction of sp³-hybridized carbons (Fsp3) is 0.647. The Morgan fingerprint density at radius 1 is 1.40 bits per heavy atom. The number of rotatable bonds is 7. The Labute approximate surface area is 122 Å². The van der Waals surface area contributed by atoms with Crippen LogP contribution in [0.4, 0.5) is 5.69 Å². The lowest BCUT2D eigenvalue weighted by atomic mass is 10.1. The average molecular weight is 274 g/mol. The summed E-state index contributed by atoms with van der Waals surface area (Å²) in [6.07, 6.45) is 3.97. The largest absolute Gasteiger partial charge is 0.384 e. The predicted octanol–water partition coefficient (Wildman–Crippen LogP) is 2.90. The summed E-state index contributed by atoms with van der Waals surface area (Å²) in [7, 11) is 1.79. The summed E-state index contributed by atoms with van der Waals surface area (Å²) in [6, 6.07) is 7.60. The number of benzene rings is 1. The number of ether oxygens (including phenoxy) is 1. The molecule has 1 fully saturated rings. The number of methoxy groups -OCH3 is 1. The van der Waals surface area contributed by atoms with Gasteiger partial charge in [0.2, 0.25) is 0 Å². The maximum absolute atomic E-state index is 5.28. The lowest BCUT2D eigenvalue weighted by Crippen LogP contribution is -2.36. The standard InChI is InChI=1S/C17H26N2O/c1-13(15-5-6-15)19(9-10-20-2)12-14-3-4-16-7-8-18-17(16)11-14/h3-4,11,13,15,18H,5-10,12H2,1-2H3. The third-order valence-corrected chi connectivity index (χ3v) is 4.73. The van der Waals surface area contributed by atoms with E-state index in [2.05, 4.69) is 35.3 Å². The molecule has 1 heterocycles. The lowest BCUT2D eigenvalue weighted by molar-refractivity contribution is 0.111. The summed E-state index contributed by atoms with van der Waals surface area (Å²) in [5.41, 5.74) is 4.22. The second kappa shape index (κ2) is 6.15. The first-order valence-electron chi connectivity index (χ1n) is 7.86. The van der Waals surface area contributed by atoms with Gasteiger partial charge in [0.15, 0.2) is 0 Å². The van der Waals surface area contributed by atoms with Gasteiger partial charge in [-0.05, 0) is 49.3 Å². The first-order chi connectivity index (χ1) is 9.78. The molecule has 1 aliphatic heterocycles. The van der Waals surface area contributed by atoms with Crippen LogP contribution in [0.15, 0.2) is 18.2 Å². The normalized spacial score (nSPS) is 18.9. The van der Waals surface area contributed by atoms with E-state index in [0.717, 1.165) is 32.2 Å². The average Bonchev–Trinajstić information content (AvgIpc) is 3.21. The zero-order chi connectivity index (χ0) is 13.9. The van der Waals surface area contributed by atoms with E-state index in [1.165, 1.54) is 36.1 Å². The predicted molar refractivity (Wildman–Crippen MR) is 83.1 cm³/mol. The van der Waals surface area contributed by atoms with Gasteiger partial charge in [0.25, 0.3) is 0 Å². The summed E-state index contributed by atoms with van der Waals surface area (Å²) in [4.78, 5) is 2.58. The lowest BCUT2D eigenvalue weighted by Gasteiger charge is -2.29. The minimum Gasteiger partial charge on any atom is -0.384 e. The molecule has 1 saturated carbocycles. The summed E-state index contributed by atoms with van der Waals surface area (Å²) in [5.74, 6) is 0.902. The fourth-order valence-electron chi connectivity index (χ4n) is 3.18. The Hall–Kier alpha value is -1.06. The molecule has 0 bridgehead atoms. The van der Waals surface area contributed by atoms with Crippen LogP contribution in [0.5, 0.6) is 0 Å². The second-order valence-electron chi connectivity index (χ2n) is 6.21. The third kappa shape index (κ3) is 3.15. The van der Waals surface area contributed by atoms with Gasteiger partial charge in [0, 0.05) is 38.5 Å². The molecule has 110 valence electrons. The van der Waals surface area contributed by atoms with Crippen LogP contribution < -0.4 is 5.32 Å². The van der Waals surface area contributed by atoms with Crippen molar-refractivity contribution in [1.29, 1.82) is 0 Å². The minimum absolute atomic E-state index is 0.673. The van der Waals surface area contributed by atoms with Crippen LogP contribution in [0, 0.1) is 5.92 Å². The van der Waals surface area contributed by atoms with Crippen molar-refractivity contribution in [3.8, 4) is 0 Å². The topological polar surface area (TPSA) is 24.5 Å². The number of hydrogen-bond acceptors (Lipinski definition) is 3. The Kier molecular flexibility index (Phi) is 4.27. The summed E-state index contributed by atoms with van der Waals surface area (Å²) in [5, 5.41) is 3.48. The van der Waals surface area contributed by atoms with Gasteiger partial charge in [0.1, 0.15) is 0 Å². The molecule has 0 spiro atoms. The van der Waals surface area contributed by atoms with E-state index < -0.39 is 0 Å². The third-order valence-electron chi connectivity index (χ3n) is 4.73. The van der Waals surface area contributed by atoms with Gasteiger partial charge in [-0.25, -0.2) is 0 Å². The number of fused-ring (bicyclic) bond motifs is 1. The molecule has 1 unspecified atom stereocenters. The number of hydrogen-bond donors (Lipinski definition) is 1. The molecular weight excluding hydrogens is 248 g/mol. The number of nitrogens with one attached hydrogen (secondary N) is 1. The van der Waals surface area contributed by atoms with Crippen molar-refractivity contribution in [2.24, 2.45) is 5.92 Å². The number of anilines is 1. The van der Waals surface area contributed by atoms with E-state index in [1.807, 2.05) is 0 Å². The smallest absolute Gasteiger partial charge is 0.0589 e. The molecule has 1 aliphatic carbocycles. The highest BCUT2D eigenvalue weighted by Gasteiger charge is 2.31. The van der Waals surface area contributed by atoms with Crippen LogP contribution in [0.3, 0.4) is 0 Å². The molecular formula is C17H26N2O. The number of nitrogens with zero attached hydrogens (tertiary/aromatic N) is 1. The SMILES string of the molecule is COCCN(Cc1ccc2c(c1)NCC2)C(C)C1CC1. The Balaban J connectivity index is 1.68. The van der Waals surface area contributed by atoms with Gasteiger partial charge in [-0.1, -0.05) is 12.1 Å². The minimum atomic E-state index is 0.673. The Bertz CT molecular complexity index is 456. The maximum Gasteiger partial charge on any atom is 0.0589 e. The molecule has 1 aromatic rings. The molecule has 3 heteroatoms. The highest BCUT2D eigenvalue weighted by Crippen LogP contribution is 2.35. The molecule has 1 N–H and O–H groups in total. The Morgan fingerprint density at radius 3 is 3.00 bits per heavy atom. The highest BCUT2D eigenvalue weighted by molar-refractivity contribution is 5.57. The van der Waals surface area contributed by atoms with Crippen molar-refractivity contribution in [3.63, 3.8) is 0 Å². The molecule has 20 heavy (non-hydrogen) atoms. The highest BCUT2D eigenvalue weighted by atomic mass is 16.5. The van der Waals surface area contributed by atoms with Crippen molar-refractivity contribution in [3.05, 3.63) is 29.3 Å². The van der Waals surface area contributed by atoms with Gasteiger partial charge in [-0.15, -0.1) is 0 Å². The quantitative estimate of drug-likeness (QED) is 0.827. The zero-order valence-electron chi connectivity index (χ0n) is 12.7. The van der Waals surface area contributed by atoms with Crippen LogP contribution in [-0.2, 0) is 17.7 Å². The molecule has 3 nitrogen and oxygen atoms in total. The van der Waals surface area contributed by atoms with E-state index in [4.69, 9.17) is 4.74 Å². The summed E-state index contributed by atoms with van der Waals surface area (Å²) < 4.78 is 5.28. The van der Waals surface area contributed by atoms with Crippen LogP contribution in [-0.4, -0.2) is 37.7 Å². The van der Waals surface area contributed by atoms with Gasteiger partial charge in [0.05, 0.1) is 6.61 Å². The monoisotopic (exact) mass is 274 g/mol. The van der Waals surface area contributed by atoms with E-state index in [9.17, 15) is 0 Å². The molecule has 1 aromatic carbocycles. The van der Waals surface area contributed by atoms with Crippen molar-refractivity contribution in [2.75, 3.05) is 32.1 Å². The molecule has 0 saturated heterocycles. The molecule has 1 atom stereocenters. The first kappa shape index (κ1) is 13.9. The molecule has 2 aliphatic rings. The summed E-state index contributed by atoms with van der Waals surface area (Å²) >= 11 is 0. The fourth-order valence-corrected chi connectivity index (χ4v) is 3.18. The van der Waals surface area contributed by atoms with Crippen LogP contribution in [0.1, 0.15) is 30.9 Å². The molecule has 0 aromatic heterocycles. The van der Waals surface area contributed by atoms with E-state index >= 15 is 0 Å². The van der Waals surface area contributed by atoms with Gasteiger partial charge >= 0.3 is 0 Å². The van der Waals surface area contributed by atoms with Gasteiger partial charge < -0.3 is 10.1 Å². The van der Waals surface area contributed by atoms with E-state index in [0.29, 0.717) is 6.04 Å². The van der Waals surface area contributed by atoms with Crippen LogP contribution >= 0.6 is 0 Å². The van der Waals surface area contributed by atoms with Crippen molar-refractivity contribution in [2.45, 2.75) is 38.8 Å². The van der Waals surface area contributed by atoms with Crippen molar-refractivity contribution in [1.82, 2.24) is 4.90 Å². The molecule has 0 amide bonds. The van der Waals surface area contributed by atoms with E-state index in [1.54, 1.807) is 7.11 Å². The van der Waals surface area contributed by atoms with Crippen molar-refractivity contribution < 1.29 is 4.74 Å². The van der Waals surface area contributed by atoms with Crippen molar-refractivity contribution >= 4 is 5.69 Å². The molecule has 3 rings (SSSR count).